The van der Waals surface area contributed by atoms with Crippen molar-refractivity contribution in [3.8, 4) is 10.6 Å². The van der Waals surface area contributed by atoms with Gasteiger partial charge in [-0.3, -0.25) is 4.68 Å². The van der Waals surface area contributed by atoms with Gasteiger partial charge in [-0.25, -0.2) is 0 Å². The van der Waals surface area contributed by atoms with Crippen molar-refractivity contribution in [2.75, 3.05) is 13.1 Å². The number of hydrogen-bond donors (Lipinski definition) is 1. The van der Waals surface area contributed by atoms with Gasteiger partial charge in [0.2, 0.25) is 0 Å². The van der Waals surface area contributed by atoms with Crippen molar-refractivity contribution in [1.29, 1.82) is 0 Å². The zero-order chi connectivity index (χ0) is 14.1. The lowest BCUT2D eigenvalue weighted by molar-refractivity contribution is 0.466. The first-order chi connectivity index (χ1) is 9.66. The zero-order valence-corrected chi connectivity index (χ0v) is 13.3. The topological polar surface area (TPSA) is 29.9 Å². The molecule has 1 aliphatic heterocycles. The van der Waals surface area contributed by atoms with Crippen molar-refractivity contribution in [3.05, 3.63) is 28.8 Å². The summed E-state index contributed by atoms with van der Waals surface area (Å²) in [5.74, 6) is 1.21. The molecule has 4 heteroatoms. The fourth-order valence-electron chi connectivity index (χ4n) is 2.97. The van der Waals surface area contributed by atoms with Crippen molar-refractivity contribution in [2.24, 2.45) is 7.05 Å². The van der Waals surface area contributed by atoms with E-state index >= 15 is 0 Å². The van der Waals surface area contributed by atoms with Gasteiger partial charge in [-0.2, -0.15) is 5.10 Å². The van der Waals surface area contributed by atoms with Crippen LogP contribution in [0.3, 0.4) is 0 Å². The molecule has 3 rings (SSSR count). The fourth-order valence-corrected chi connectivity index (χ4v) is 4.21. The number of nitrogens with zero attached hydrogens (tertiary/aromatic N) is 2. The lowest BCUT2D eigenvalue weighted by atomic mass is 9.98. The first-order valence-corrected chi connectivity index (χ1v) is 8.31. The van der Waals surface area contributed by atoms with Crippen LogP contribution in [0.5, 0.6) is 0 Å². The van der Waals surface area contributed by atoms with Crippen LogP contribution < -0.4 is 5.32 Å². The summed E-state index contributed by atoms with van der Waals surface area (Å²) in [6.07, 6.45) is 4.62. The van der Waals surface area contributed by atoms with Crippen molar-refractivity contribution in [1.82, 2.24) is 15.1 Å². The van der Waals surface area contributed by atoms with Crippen LogP contribution in [0.15, 0.2) is 18.3 Å². The highest BCUT2D eigenvalue weighted by atomic mass is 32.1. The molecule has 108 valence electrons. The molecule has 0 spiro atoms. The lowest BCUT2D eigenvalue weighted by Gasteiger charge is -2.21. The van der Waals surface area contributed by atoms with Gasteiger partial charge in [-0.05, 0) is 37.4 Å². The Kier molecular flexibility index (Phi) is 3.94. The third-order valence-electron chi connectivity index (χ3n) is 4.15. The van der Waals surface area contributed by atoms with E-state index in [0.29, 0.717) is 11.8 Å². The highest BCUT2D eigenvalue weighted by Crippen LogP contribution is 2.37. The molecule has 1 unspecified atom stereocenters. The van der Waals surface area contributed by atoms with E-state index in [1.165, 1.54) is 40.4 Å². The predicted molar refractivity (Wildman–Crippen MR) is 85.5 cm³/mol. The Hall–Kier alpha value is -1.13. The van der Waals surface area contributed by atoms with Crippen LogP contribution in [0, 0.1) is 0 Å². The molecule has 0 aliphatic carbocycles. The molecule has 0 aromatic carbocycles. The maximum Gasteiger partial charge on any atom is 0.0813 e. The molecule has 1 N–H and O–H groups in total. The minimum absolute atomic E-state index is 0.514. The Morgan fingerprint density at radius 3 is 2.95 bits per heavy atom. The summed E-state index contributed by atoms with van der Waals surface area (Å²) in [7, 11) is 2.04. The second-order valence-electron chi connectivity index (χ2n) is 5.97. The maximum absolute atomic E-state index is 4.45. The second-order valence-corrected chi connectivity index (χ2v) is 7.09. The largest absolute Gasteiger partial charge is 0.316 e. The van der Waals surface area contributed by atoms with Crippen molar-refractivity contribution in [2.45, 2.75) is 38.5 Å². The van der Waals surface area contributed by atoms with Crippen LogP contribution in [0.1, 0.15) is 49.0 Å². The van der Waals surface area contributed by atoms with E-state index in [2.05, 4.69) is 36.4 Å². The molecular weight excluding hydrogens is 266 g/mol. The summed E-state index contributed by atoms with van der Waals surface area (Å²) in [6, 6.07) is 4.59. The van der Waals surface area contributed by atoms with Gasteiger partial charge in [0.1, 0.15) is 0 Å². The van der Waals surface area contributed by atoms with Crippen LogP contribution in [-0.2, 0) is 7.05 Å². The van der Waals surface area contributed by atoms with E-state index < -0.39 is 0 Å². The summed E-state index contributed by atoms with van der Waals surface area (Å²) in [5, 5.41) is 7.95. The van der Waals surface area contributed by atoms with Gasteiger partial charge in [0, 0.05) is 30.0 Å². The quantitative estimate of drug-likeness (QED) is 0.933. The second kappa shape index (κ2) is 5.70. The number of thiophene rings is 1. The summed E-state index contributed by atoms with van der Waals surface area (Å²) < 4.78 is 2.02. The smallest absolute Gasteiger partial charge is 0.0813 e. The van der Waals surface area contributed by atoms with Gasteiger partial charge >= 0.3 is 0 Å². The Morgan fingerprint density at radius 2 is 2.25 bits per heavy atom. The lowest BCUT2D eigenvalue weighted by Crippen LogP contribution is -2.27. The molecule has 3 heterocycles. The Labute approximate surface area is 125 Å². The van der Waals surface area contributed by atoms with E-state index in [-0.39, 0.29) is 0 Å². The first kappa shape index (κ1) is 13.8. The molecule has 1 atom stereocenters. The molecule has 20 heavy (non-hydrogen) atoms. The van der Waals surface area contributed by atoms with Gasteiger partial charge in [0.05, 0.1) is 16.8 Å². The van der Waals surface area contributed by atoms with E-state index in [4.69, 9.17) is 0 Å². The number of piperidine rings is 1. The van der Waals surface area contributed by atoms with Crippen LogP contribution in [0.2, 0.25) is 0 Å². The van der Waals surface area contributed by atoms with E-state index in [9.17, 15) is 0 Å². The number of aromatic nitrogens is 2. The molecule has 0 bridgehead atoms. The minimum atomic E-state index is 0.514. The summed E-state index contributed by atoms with van der Waals surface area (Å²) in [5.41, 5.74) is 2.64. The van der Waals surface area contributed by atoms with Gasteiger partial charge in [-0.15, -0.1) is 11.3 Å². The summed E-state index contributed by atoms with van der Waals surface area (Å²) >= 11 is 1.94. The third kappa shape index (κ3) is 2.54. The van der Waals surface area contributed by atoms with E-state index in [1.807, 2.05) is 29.3 Å². The standard InChI is InChI=1S/C16H23N3S/c1-11(2)13-10-18-19(3)16(13)15-7-6-14(20-15)12-5-4-8-17-9-12/h6-7,10-12,17H,4-5,8-9H2,1-3H3. The van der Waals surface area contributed by atoms with Crippen molar-refractivity contribution < 1.29 is 0 Å². The molecule has 3 nitrogen and oxygen atoms in total. The van der Waals surface area contributed by atoms with Gasteiger partial charge in [0.15, 0.2) is 0 Å². The summed E-state index contributed by atoms with van der Waals surface area (Å²) in [6.45, 7) is 6.77. The molecular formula is C16H23N3S. The monoisotopic (exact) mass is 289 g/mol. The van der Waals surface area contributed by atoms with Gasteiger partial charge in [-0.1, -0.05) is 13.8 Å². The third-order valence-corrected chi connectivity index (χ3v) is 5.40. The maximum atomic E-state index is 4.45. The molecule has 0 amide bonds. The molecule has 0 saturated carbocycles. The fraction of sp³-hybridized carbons (Fsp3) is 0.562. The van der Waals surface area contributed by atoms with Crippen molar-refractivity contribution in [3.63, 3.8) is 0 Å². The molecule has 2 aromatic rings. The Balaban J connectivity index is 1.91. The van der Waals surface area contributed by atoms with E-state index in [0.717, 1.165) is 6.54 Å². The molecule has 1 fully saturated rings. The first-order valence-electron chi connectivity index (χ1n) is 7.49. The highest BCUT2D eigenvalue weighted by Gasteiger charge is 2.20. The summed E-state index contributed by atoms with van der Waals surface area (Å²) in [4.78, 5) is 2.87. The molecule has 1 saturated heterocycles. The van der Waals surface area contributed by atoms with Gasteiger partial charge < -0.3 is 5.32 Å². The van der Waals surface area contributed by atoms with E-state index in [1.54, 1.807) is 0 Å². The van der Waals surface area contributed by atoms with Crippen LogP contribution in [0.4, 0.5) is 0 Å². The number of aryl methyl sites for hydroxylation is 1. The number of nitrogens with one attached hydrogen (secondary N) is 1. The molecule has 0 radical (unpaired) electrons. The Morgan fingerprint density at radius 1 is 1.40 bits per heavy atom. The average Bonchev–Trinajstić information content (AvgIpc) is 3.06. The van der Waals surface area contributed by atoms with Crippen LogP contribution in [-0.4, -0.2) is 22.9 Å². The van der Waals surface area contributed by atoms with Crippen molar-refractivity contribution >= 4 is 11.3 Å². The van der Waals surface area contributed by atoms with Gasteiger partial charge in [0.25, 0.3) is 0 Å². The SMILES string of the molecule is CC(C)c1cnn(C)c1-c1ccc(C2CCCNC2)s1. The zero-order valence-electron chi connectivity index (χ0n) is 12.5. The highest BCUT2D eigenvalue weighted by molar-refractivity contribution is 7.15. The predicted octanol–water partition coefficient (Wildman–Crippen LogP) is 3.74. The van der Waals surface area contributed by atoms with Crippen LogP contribution >= 0.6 is 11.3 Å². The number of hydrogen-bond acceptors (Lipinski definition) is 3. The Bertz CT molecular complexity index is 576. The minimum Gasteiger partial charge on any atom is -0.316 e. The molecule has 1 aliphatic rings. The van der Waals surface area contributed by atoms with Crippen LogP contribution in [0.25, 0.3) is 10.6 Å². The number of rotatable bonds is 3. The normalized spacial score (nSPS) is 19.7. The molecule has 2 aromatic heterocycles. The average molecular weight is 289 g/mol.